The smallest absolute Gasteiger partial charge is 0.328 e. The lowest BCUT2D eigenvalue weighted by molar-refractivity contribution is -0.384. The zero-order valence-corrected chi connectivity index (χ0v) is 16.9. The molecule has 0 bridgehead atoms. The lowest BCUT2D eigenvalue weighted by Crippen LogP contribution is -2.41. The van der Waals surface area contributed by atoms with Crippen LogP contribution in [0.25, 0.3) is 0 Å². The van der Waals surface area contributed by atoms with Crippen molar-refractivity contribution in [1.82, 2.24) is 10.2 Å². The number of hydrogen-bond donors (Lipinski definition) is 1. The summed E-state index contributed by atoms with van der Waals surface area (Å²) in [6.07, 6.45) is 0. The molecule has 2 amide bonds. The first-order valence-corrected chi connectivity index (χ1v) is 9.23. The Balaban J connectivity index is 1.88. The lowest BCUT2D eigenvalue weighted by Gasteiger charge is -2.25. The molecule has 2 rings (SSSR count). The Hall–Kier alpha value is -3.75. The number of nitro benzene ring substituents is 1. The van der Waals surface area contributed by atoms with Crippen LogP contribution >= 0.6 is 0 Å². The molecule has 0 aromatic heterocycles. The molecular formula is C21H23N3O6. The number of nitrogens with one attached hydrogen (secondary N) is 1. The van der Waals surface area contributed by atoms with E-state index >= 15 is 0 Å². The molecule has 158 valence electrons. The number of benzene rings is 2. The van der Waals surface area contributed by atoms with Crippen LogP contribution < -0.4 is 5.32 Å². The second kappa shape index (κ2) is 10.1. The van der Waals surface area contributed by atoms with Crippen molar-refractivity contribution in [1.29, 1.82) is 0 Å². The Bertz CT molecular complexity index is 931. The fourth-order valence-corrected chi connectivity index (χ4v) is 2.63. The van der Waals surface area contributed by atoms with Gasteiger partial charge in [-0.15, -0.1) is 0 Å². The number of nitrogens with zero attached hydrogens (tertiary/aromatic N) is 2. The van der Waals surface area contributed by atoms with Crippen molar-refractivity contribution >= 4 is 23.5 Å². The van der Waals surface area contributed by atoms with Crippen LogP contribution in [0.1, 0.15) is 35.8 Å². The van der Waals surface area contributed by atoms with Crippen LogP contribution in [0.2, 0.25) is 0 Å². The summed E-state index contributed by atoms with van der Waals surface area (Å²) in [5.74, 6) is -1.84. The van der Waals surface area contributed by atoms with Crippen molar-refractivity contribution in [3.05, 3.63) is 75.8 Å². The van der Waals surface area contributed by atoms with Gasteiger partial charge in [0.15, 0.2) is 6.61 Å². The van der Waals surface area contributed by atoms with E-state index in [1.807, 2.05) is 37.3 Å². The van der Waals surface area contributed by atoms with Gasteiger partial charge in [-0.25, -0.2) is 4.79 Å². The van der Waals surface area contributed by atoms with Crippen molar-refractivity contribution in [3.8, 4) is 0 Å². The van der Waals surface area contributed by atoms with Crippen molar-refractivity contribution in [2.75, 3.05) is 13.7 Å². The van der Waals surface area contributed by atoms with Crippen LogP contribution in [0.5, 0.6) is 0 Å². The van der Waals surface area contributed by atoms with Gasteiger partial charge in [-0.3, -0.25) is 19.7 Å². The van der Waals surface area contributed by atoms with E-state index in [2.05, 4.69) is 5.32 Å². The highest BCUT2D eigenvalue weighted by atomic mass is 16.6. The van der Waals surface area contributed by atoms with Crippen molar-refractivity contribution in [2.45, 2.75) is 25.9 Å². The average Bonchev–Trinajstić information content (AvgIpc) is 2.76. The van der Waals surface area contributed by atoms with Gasteiger partial charge in [-0.05, 0) is 25.5 Å². The summed E-state index contributed by atoms with van der Waals surface area (Å²) in [6.45, 7) is 2.79. The van der Waals surface area contributed by atoms with Crippen molar-refractivity contribution < 1.29 is 24.0 Å². The second-order valence-electron chi connectivity index (χ2n) is 6.70. The molecule has 0 saturated heterocycles. The van der Waals surface area contributed by atoms with Gasteiger partial charge in [0, 0.05) is 24.7 Å². The van der Waals surface area contributed by atoms with Crippen molar-refractivity contribution in [2.24, 2.45) is 0 Å². The Morgan fingerprint density at radius 1 is 1.10 bits per heavy atom. The summed E-state index contributed by atoms with van der Waals surface area (Å²) >= 11 is 0. The maximum atomic E-state index is 12.3. The molecule has 0 heterocycles. The molecule has 2 atom stereocenters. The highest BCUT2D eigenvalue weighted by Crippen LogP contribution is 2.18. The van der Waals surface area contributed by atoms with Gasteiger partial charge < -0.3 is 15.0 Å². The number of likely N-dealkylation sites (N-methyl/N-ethyl adjacent to an activating group) is 1. The molecule has 0 radical (unpaired) electrons. The number of esters is 1. The Morgan fingerprint density at radius 3 is 2.40 bits per heavy atom. The fourth-order valence-electron chi connectivity index (χ4n) is 2.63. The third-order valence-electron chi connectivity index (χ3n) is 4.61. The highest BCUT2D eigenvalue weighted by Gasteiger charge is 2.22. The molecule has 0 saturated carbocycles. The first kappa shape index (κ1) is 22.5. The van der Waals surface area contributed by atoms with Crippen LogP contribution in [0.3, 0.4) is 0 Å². The zero-order chi connectivity index (χ0) is 22.3. The quantitative estimate of drug-likeness (QED) is 0.403. The SMILES string of the molecule is CC(c1ccccc1)N(C)C(=O)COC(=O)[C@H](C)NC(=O)c1cccc([N+](=O)[O-])c1. The molecule has 9 heteroatoms. The number of carbonyl (C=O) groups is 3. The highest BCUT2D eigenvalue weighted by molar-refractivity contribution is 5.97. The molecule has 2 aromatic rings. The van der Waals surface area contributed by atoms with Crippen LogP contribution in [0, 0.1) is 10.1 Å². The number of amides is 2. The number of nitro groups is 1. The van der Waals surface area contributed by atoms with E-state index in [-0.39, 0.29) is 17.3 Å². The number of non-ortho nitro benzene ring substituents is 1. The average molecular weight is 413 g/mol. The second-order valence-corrected chi connectivity index (χ2v) is 6.70. The molecule has 30 heavy (non-hydrogen) atoms. The van der Waals surface area contributed by atoms with Crippen LogP contribution in [0.15, 0.2) is 54.6 Å². The molecule has 1 N–H and O–H groups in total. The van der Waals surface area contributed by atoms with E-state index < -0.39 is 35.4 Å². The molecule has 0 aliphatic carbocycles. The predicted molar refractivity (Wildman–Crippen MR) is 109 cm³/mol. The minimum atomic E-state index is -1.04. The van der Waals surface area contributed by atoms with E-state index in [4.69, 9.17) is 4.74 Å². The summed E-state index contributed by atoms with van der Waals surface area (Å²) in [5, 5.41) is 13.2. The van der Waals surface area contributed by atoms with Gasteiger partial charge in [0.05, 0.1) is 11.0 Å². The minimum Gasteiger partial charge on any atom is -0.454 e. The van der Waals surface area contributed by atoms with Crippen LogP contribution in [0.4, 0.5) is 5.69 Å². The monoisotopic (exact) mass is 413 g/mol. The summed E-state index contributed by atoms with van der Waals surface area (Å²) in [7, 11) is 1.61. The van der Waals surface area contributed by atoms with E-state index in [9.17, 15) is 24.5 Å². The normalized spacial score (nSPS) is 12.4. The van der Waals surface area contributed by atoms with E-state index in [1.165, 1.54) is 30.0 Å². The largest absolute Gasteiger partial charge is 0.454 e. The molecule has 9 nitrogen and oxygen atoms in total. The standard InChI is InChI=1S/C21H23N3O6/c1-14(22-20(26)17-10-7-11-18(12-17)24(28)29)21(27)30-13-19(25)23(3)15(2)16-8-5-4-6-9-16/h4-12,14-15H,13H2,1-3H3,(H,22,26)/t14-,15?/m0/s1. The van der Waals surface area contributed by atoms with E-state index in [1.54, 1.807) is 7.05 Å². The van der Waals surface area contributed by atoms with Gasteiger partial charge in [-0.1, -0.05) is 36.4 Å². The molecule has 2 aromatic carbocycles. The summed E-state index contributed by atoms with van der Waals surface area (Å²) in [4.78, 5) is 48.3. The number of rotatable bonds is 8. The number of hydrogen-bond acceptors (Lipinski definition) is 6. The lowest BCUT2D eigenvalue weighted by atomic mass is 10.1. The first-order valence-electron chi connectivity index (χ1n) is 9.23. The molecule has 1 unspecified atom stereocenters. The maximum Gasteiger partial charge on any atom is 0.328 e. The Morgan fingerprint density at radius 2 is 1.77 bits per heavy atom. The zero-order valence-electron chi connectivity index (χ0n) is 16.9. The third-order valence-corrected chi connectivity index (χ3v) is 4.61. The molecule has 0 spiro atoms. The van der Waals surface area contributed by atoms with Gasteiger partial charge in [0.1, 0.15) is 6.04 Å². The van der Waals surface area contributed by atoms with Gasteiger partial charge >= 0.3 is 5.97 Å². The maximum absolute atomic E-state index is 12.3. The van der Waals surface area contributed by atoms with E-state index in [0.29, 0.717) is 0 Å². The predicted octanol–water partition coefficient (Wildman–Crippen LogP) is 2.48. The van der Waals surface area contributed by atoms with Gasteiger partial charge in [0.2, 0.25) is 0 Å². The Labute approximate surface area is 173 Å². The minimum absolute atomic E-state index is 0.0383. The van der Waals surface area contributed by atoms with Crippen molar-refractivity contribution in [3.63, 3.8) is 0 Å². The van der Waals surface area contributed by atoms with E-state index in [0.717, 1.165) is 11.6 Å². The van der Waals surface area contributed by atoms with Gasteiger partial charge in [-0.2, -0.15) is 0 Å². The molecular weight excluding hydrogens is 390 g/mol. The Kier molecular flexibility index (Phi) is 7.62. The summed E-state index contributed by atoms with van der Waals surface area (Å²) in [5.41, 5.74) is 0.743. The van der Waals surface area contributed by atoms with Gasteiger partial charge in [0.25, 0.3) is 17.5 Å². The first-order chi connectivity index (χ1) is 14.2. The topological polar surface area (TPSA) is 119 Å². The molecule has 0 aliphatic heterocycles. The number of ether oxygens (including phenoxy) is 1. The number of carbonyl (C=O) groups excluding carboxylic acids is 3. The van der Waals surface area contributed by atoms with Crippen LogP contribution in [-0.4, -0.2) is 47.3 Å². The summed E-state index contributed by atoms with van der Waals surface area (Å²) in [6, 6.07) is 13.3. The third kappa shape index (κ3) is 5.87. The van der Waals surface area contributed by atoms with Crippen LogP contribution in [-0.2, 0) is 14.3 Å². The molecule has 0 fully saturated rings. The molecule has 0 aliphatic rings. The summed E-state index contributed by atoms with van der Waals surface area (Å²) < 4.78 is 5.02. The fraction of sp³-hybridized carbons (Fsp3) is 0.286.